The summed E-state index contributed by atoms with van der Waals surface area (Å²) in [4.78, 5) is 35.4. The number of rotatable bonds is 4. The molecule has 0 aliphatic heterocycles. The van der Waals surface area contributed by atoms with Gasteiger partial charge in [0.25, 0.3) is 5.91 Å². The van der Waals surface area contributed by atoms with E-state index < -0.39 is 23.6 Å². The van der Waals surface area contributed by atoms with Crippen LogP contribution in [0.1, 0.15) is 38.1 Å². The van der Waals surface area contributed by atoms with Gasteiger partial charge in [-0.25, -0.2) is 4.79 Å². The molecule has 0 aliphatic rings. The van der Waals surface area contributed by atoms with Crippen LogP contribution in [0.15, 0.2) is 48.5 Å². The molecule has 0 radical (unpaired) electrons. The first kappa shape index (κ1) is 20.0. The number of para-hydroxylation sites is 1. The summed E-state index contributed by atoms with van der Waals surface area (Å²) in [5.41, 5.74) is 0.700. The van der Waals surface area contributed by atoms with E-state index in [1.807, 2.05) is 0 Å². The minimum atomic E-state index is -0.590. The number of ether oxygens (including phenoxy) is 2. The topological polar surface area (TPSA) is 93.7 Å². The highest BCUT2D eigenvalue weighted by Crippen LogP contribution is 2.21. The van der Waals surface area contributed by atoms with Crippen molar-refractivity contribution in [3.8, 4) is 5.75 Å². The molecule has 7 nitrogen and oxygen atoms in total. The van der Waals surface area contributed by atoms with E-state index >= 15 is 0 Å². The average Bonchev–Trinajstić information content (AvgIpc) is 2.54. The number of nitrogens with one attached hydrogen (secondary N) is 2. The third-order valence-corrected chi connectivity index (χ3v) is 3.17. The number of esters is 1. The molecule has 0 aromatic heterocycles. The summed E-state index contributed by atoms with van der Waals surface area (Å²) in [7, 11) is 0. The first-order chi connectivity index (χ1) is 12.6. The van der Waals surface area contributed by atoms with Gasteiger partial charge in [0.05, 0.1) is 5.56 Å². The second kappa shape index (κ2) is 8.35. The first-order valence-electron chi connectivity index (χ1n) is 8.33. The summed E-state index contributed by atoms with van der Waals surface area (Å²) in [6.45, 7) is 6.60. The van der Waals surface area contributed by atoms with Gasteiger partial charge >= 0.3 is 12.1 Å². The molecule has 2 aromatic carbocycles. The van der Waals surface area contributed by atoms with Crippen LogP contribution < -0.4 is 15.4 Å². The molecule has 2 N–H and O–H groups in total. The number of carbonyl (C=O) groups excluding carboxylic acids is 3. The SMILES string of the molecule is CC(=O)Oc1ccccc1C(=O)Nc1ccc(NC(=O)OC(C)(C)C)cc1. The average molecular weight is 370 g/mol. The molecular weight excluding hydrogens is 348 g/mol. The Hall–Kier alpha value is -3.35. The second-order valence-electron chi connectivity index (χ2n) is 6.75. The zero-order valence-corrected chi connectivity index (χ0v) is 15.7. The molecule has 2 amide bonds. The highest BCUT2D eigenvalue weighted by molar-refractivity contribution is 6.06. The zero-order valence-electron chi connectivity index (χ0n) is 15.7. The van der Waals surface area contributed by atoms with Gasteiger partial charge < -0.3 is 14.8 Å². The summed E-state index contributed by atoms with van der Waals surface area (Å²) in [6, 6.07) is 13.0. The van der Waals surface area contributed by atoms with Gasteiger partial charge in [0.15, 0.2) is 0 Å². The Kier molecular flexibility index (Phi) is 6.18. The molecule has 0 heterocycles. The molecule has 0 aliphatic carbocycles. The maximum absolute atomic E-state index is 12.4. The van der Waals surface area contributed by atoms with Crippen LogP contribution in [0.2, 0.25) is 0 Å². The van der Waals surface area contributed by atoms with Crippen LogP contribution in [-0.4, -0.2) is 23.6 Å². The fourth-order valence-corrected chi connectivity index (χ4v) is 2.15. The zero-order chi connectivity index (χ0) is 20.0. The smallest absolute Gasteiger partial charge is 0.412 e. The number of carbonyl (C=O) groups is 3. The summed E-state index contributed by atoms with van der Waals surface area (Å²) >= 11 is 0. The van der Waals surface area contributed by atoms with E-state index in [2.05, 4.69) is 10.6 Å². The third kappa shape index (κ3) is 6.47. The number of benzene rings is 2. The van der Waals surface area contributed by atoms with Crippen molar-refractivity contribution < 1.29 is 23.9 Å². The lowest BCUT2D eigenvalue weighted by molar-refractivity contribution is -0.131. The predicted octanol–water partition coefficient (Wildman–Crippen LogP) is 4.21. The predicted molar refractivity (Wildman–Crippen MR) is 102 cm³/mol. The van der Waals surface area contributed by atoms with Crippen LogP contribution in [0.4, 0.5) is 16.2 Å². The van der Waals surface area contributed by atoms with Gasteiger partial charge in [-0.05, 0) is 57.2 Å². The van der Waals surface area contributed by atoms with Crippen molar-refractivity contribution in [3.63, 3.8) is 0 Å². The molecule has 2 rings (SSSR count). The first-order valence-corrected chi connectivity index (χ1v) is 8.33. The standard InChI is InChI=1S/C20H22N2O5/c1-13(23)26-17-8-6-5-7-16(17)18(24)21-14-9-11-15(12-10-14)22-19(25)27-20(2,3)4/h5-12H,1-4H3,(H,21,24)(H,22,25). The Labute approximate surface area is 157 Å². The fourth-order valence-electron chi connectivity index (χ4n) is 2.15. The van der Waals surface area contributed by atoms with Crippen molar-refractivity contribution in [1.29, 1.82) is 0 Å². The number of hydrogen-bond donors (Lipinski definition) is 2. The van der Waals surface area contributed by atoms with Crippen LogP contribution >= 0.6 is 0 Å². The molecule has 0 fully saturated rings. The lowest BCUT2D eigenvalue weighted by atomic mass is 10.2. The van der Waals surface area contributed by atoms with Crippen molar-refractivity contribution >= 4 is 29.3 Å². The van der Waals surface area contributed by atoms with E-state index in [9.17, 15) is 14.4 Å². The minimum absolute atomic E-state index is 0.186. The van der Waals surface area contributed by atoms with Crippen LogP contribution in [-0.2, 0) is 9.53 Å². The third-order valence-electron chi connectivity index (χ3n) is 3.17. The van der Waals surface area contributed by atoms with E-state index in [1.165, 1.54) is 6.92 Å². The highest BCUT2D eigenvalue weighted by atomic mass is 16.6. The fraction of sp³-hybridized carbons (Fsp3) is 0.250. The summed E-state index contributed by atoms with van der Waals surface area (Å²) < 4.78 is 10.2. The summed E-state index contributed by atoms with van der Waals surface area (Å²) in [5.74, 6) is -0.738. The molecule has 0 saturated heterocycles. The molecular formula is C20H22N2O5. The van der Waals surface area contributed by atoms with Crippen molar-refractivity contribution in [2.75, 3.05) is 10.6 Å². The number of anilines is 2. The molecule has 0 unspecified atom stereocenters. The van der Waals surface area contributed by atoms with E-state index in [0.717, 1.165) is 0 Å². The minimum Gasteiger partial charge on any atom is -0.444 e. The molecule has 0 atom stereocenters. The Morgan fingerprint density at radius 3 is 1.96 bits per heavy atom. The molecule has 0 saturated carbocycles. The molecule has 142 valence electrons. The van der Waals surface area contributed by atoms with Crippen LogP contribution in [0.3, 0.4) is 0 Å². The Morgan fingerprint density at radius 1 is 0.852 bits per heavy atom. The molecule has 0 spiro atoms. The Bertz CT molecular complexity index is 838. The van der Waals surface area contributed by atoms with Gasteiger partial charge in [0.2, 0.25) is 0 Å². The monoisotopic (exact) mass is 370 g/mol. The lowest BCUT2D eigenvalue weighted by Crippen LogP contribution is -2.27. The van der Waals surface area contributed by atoms with Crippen LogP contribution in [0, 0.1) is 0 Å². The van der Waals surface area contributed by atoms with Gasteiger partial charge in [-0.2, -0.15) is 0 Å². The lowest BCUT2D eigenvalue weighted by Gasteiger charge is -2.19. The number of amides is 2. The van der Waals surface area contributed by atoms with E-state index in [4.69, 9.17) is 9.47 Å². The van der Waals surface area contributed by atoms with E-state index in [-0.39, 0.29) is 11.3 Å². The molecule has 0 bridgehead atoms. The molecule has 2 aromatic rings. The van der Waals surface area contributed by atoms with Crippen LogP contribution in [0.5, 0.6) is 5.75 Å². The van der Waals surface area contributed by atoms with Crippen molar-refractivity contribution in [1.82, 2.24) is 0 Å². The Balaban J connectivity index is 2.03. The molecule has 7 heteroatoms. The van der Waals surface area contributed by atoms with Gasteiger partial charge in [0.1, 0.15) is 11.4 Å². The van der Waals surface area contributed by atoms with Gasteiger partial charge in [-0.3, -0.25) is 14.9 Å². The quantitative estimate of drug-likeness (QED) is 0.621. The van der Waals surface area contributed by atoms with Crippen molar-refractivity contribution in [2.24, 2.45) is 0 Å². The maximum atomic E-state index is 12.4. The van der Waals surface area contributed by atoms with Crippen LogP contribution in [0.25, 0.3) is 0 Å². The highest BCUT2D eigenvalue weighted by Gasteiger charge is 2.16. The Morgan fingerprint density at radius 2 is 1.41 bits per heavy atom. The normalized spacial score (nSPS) is 10.7. The van der Waals surface area contributed by atoms with Crippen molar-refractivity contribution in [3.05, 3.63) is 54.1 Å². The maximum Gasteiger partial charge on any atom is 0.412 e. The molecule has 27 heavy (non-hydrogen) atoms. The van der Waals surface area contributed by atoms with Crippen molar-refractivity contribution in [2.45, 2.75) is 33.3 Å². The van der Waals surface area contributed by atoms with Gasteiger partial charge in [0, 0.05) is 18.3 Å². The van der Waals surface area contributed by atoms with E-state index in [0.29, 0.717) is 11.4 Å². The largest absolute Gasteiger partial charge is 0.444 e. The van der Waals surface area contributed by atoms with E-state index in [1.54, 1.807) is 69.3 Å². The second-order valence-corrected chi connectivity index (χ2v) is 6.75. The van der Waals surface area contributed by atoms with Gasteiger partial charge in [-0.15, -0.1) is 0 Å². The summed E-state index contributed by atoms with van der Waals surface area (Å²) in [6.07, 6.45) is -0.561. The summed E-state index contributed by atoms with van der Waals surface area (Å²) in [5, 5.41) is 5.33. The van der Waals surface area contributed by atoms with Gasteiger partial charge in [-0.1, -0.05) is 12.1 Å². The number of hydrogen-bond acceptors (Lipinski definition) is 5.